The minimum Gasteiger partial charge on any atom is -0.508 e. The number of esters is 1. The second kappa shape index (κ2) is 43.6. The quantitative estimate of drug-likeness (QED) is 0.0152. The van der Waals surface area contributed by atoms with E-state index in [0.717, 1.165) is 214 Å². The molecule has 788 valence electrons. The fraction of sp³-hybridized carbons (Fsp3) is 0.590. The Kier molecular flexibility index (Phi) is 33.7. The van der Waals surface area contributed by atoms with Crippen molar-refractivity contribution in [2.45, 2.75) is 438 Å². The van der Waals surface area contributed by atoms with Crippen molar-refractivity contribution in [2.24, 2.45) is 23.7 Å². The molecular weight excluding hydrogens is 1820 g/mol. The fourth-order valence-corrected chi connectivity index (χ4v) is 25.1. The second-order valence-electron chi connectivity index (χ2n) is 46.5. The molecule has 22 nitrogen and oxygen atoms in total. The molecule has 144 heavy (non-hydrogen) atoms. The number of aromatic hydroxyl groups is 7. The van der Waals surface area contributed by atoms with Gasteiger partial charge in [-0.25, -0.2) is 4.79 Å². The summed E-state index contributed by atoms with van der Waals surface area (Å²) in [5, 5.41) is 155. The van der Waals surface area contributed by atoms with E-state index in [4.69, 9.17) is 28.4 Å². The Balaban J connectivity index is 0.000000157. The molecule has 0 saturated heterocycles. The summed E-state index contributed by atoms with van der Waals surface area (Å²) in [5.41, 5.74) is 5.49. The number of benzene rings is 6. The summed E-state index contributed by atoms with van der Waals surface area (Å²) in [7, 11) is 0. The minimum absolute atomic E-state index is 0.00839. The van der Waals surface area contributed by atoms with Crippen LogP contribution in [0.25, 0.3) is 11.1 Å². The monoisotopic (exact) mass is 1990 g/mol. The van der Waals surface area contributed by atoms with Crippen LogP contribution in [0.3, 0.4) is 0 Å². The molecule has 0 spiro atoms. The van der Waals surface area contributed by atoms with Crippen LogP contribution in [0.5, 0.6) is 69.0 Å². The molecule has 5 heterocycles. The first-order chi connectivity index (χ1) is 67.6. The van der Waals surface area contributed by atoms with Crippen LogP contribution in [0.4, 0.5) is 0 Å². The minimum atomic E-state index is -1.98. The van der Waals surface area contributed by atoms with Crippen molar-refractivity contribution in [1.29, 1.82) is 0 Å². The van der Waals surface area contributed by atoms with Gasteiger partial charge in [0.05, 0.1) is 40.1 Å². The van der Waals surface area contributed by atoms with E-state index in [1.165, 1.54) is 18.9 Å². The SMILES string of the molecule is C=C(C)[C@@H]1CCC(C)=C[C@H]1c1c(O)cc(CCCCC)c(C(=O)OC2(C)CCC3=C(c4c(O)cc(CCC)cc4OC3(C)C)C2O)c1O.C=C(C)[C@@H]1CC[C@](C)(O)[C@H]2Oc3cc(CCCCC)cc(O)c3[C@@H]12.CCCCc1cc(O)c2c(c1)OC(C)(C)C1(O)C(O)CC(C)=CC21O.CCCCc1cc(O)c2c(c1)OC(C)(C)C1=C2C(=O)C(C)CC1.CCCCc1cc(O)c2c(c1)OC(C)(C)[C@@H]1CC[C@](C)(O)[C@@H](O)[C@@H]21. The molecule has 6 aromatic rings. The molecular formula is C122H168O22. The van der Waals surface area contributed by atoms with Gasteiger partial charge in [0.2, 0.25) is 0 Å². The van der Waals surface area contributed by atoms with E-state index in [9.17, 15) is 81.1 Å². The number of hydrogen-bond donors (Lipinski definition) is 14. The number of allylic oxidation sites excluding steroid dienone is 5. The number of phenolic OH excluding ortho intramolecular Hbond substituents is 7. The highest BCUT2D eigenvalue weighted by atomic mass is 16.6. The van der Waals surface area contributed by atoms with Crippen LogP contribution >= 0.6 is 0 Å². The Morgan fingerprint density at radius 2 is 0.979 bits per heavy atom. The smallest absolute Gasteiger partial charge is 0.342 e. The number of carbonyl (C=O) groups excluding carboxylic acids is 2. The Hall–Kier alpha value is -9.78. The van der Waals surface area contributed by atoms with Gasteiger partial charge >= 0.3 is 5.97 Å². The van der Waals surface area contributed by atoms with E-state index in [1.807, 2.05) is 106 Å². The van der Waals surface area contributed by atoms with Crippen LogP contribution in [0, 0.1) is 23.7 Å². The van der Waals surface area contributed by atoms with Crippen LogP contribution in [0.2, 0.25) is 0 Å². The maximum absolute atomic E-state index is 14.4. The van der Waals surface area contributed by atoms with Gasteiger partial charge in [-0.1, -0.05) is 141 Å². The van der Waals surface area contributed by atoms with Gasteiger partial charge in [0.15, 0.2) is 17.0 Å². The van der Waals surface area contributed by atoms with Crippen molar-refractivity contribution in [3.63, 3.8) is 0 Å². The molecule has 0 amide bonds. The predicted octanol–water partition coefficient (Wildman–Crippen LogP) is 24.6. The number of ketones is 1. The summed E-state index contributed by atoms with van der Waals surface area (Å²) < 4.78 is 37.4. The van der Waals surface area contributed by atoms with E-state index in [1.54, 1.807) is 65.0 Å². The molecule has 0 bridgehead atoms. The van der Waals surface area contributed by atoms with Gasteiger partial charge in [-0.05, 0) is 374 Å². The fourth-order valence-electron chi connectivity index (χ4n) is 25.1. The number of Topliss-reactive ketones (excluding diaryl/α,β-unsaturated/α-hetero) is 1. The van der Waals surface area contributed by atoms with E-state index >= 15 is 0 Å². The normalized spacial score (nSPS) is 28.5. The number of rotatable bonds is 24. The molecule has 22 heteroatoms. The van der Waals surface area contributed by atoms with Gasteiger partial charge in [-0.2, -0.15) is 0 Å². The molecule has 2 saturated carbocycles. The first-order valence-electron chi connectivity index (χ1n) is 53.7. The van der Waals surface area contributed by atoms with Crippen molar-refractivity contribution in [3.8, 4) is 69.0 Å². The number of ether oxygens (including phenoxy) is 6. The molecule has 6 aromatic carbocycles. The average Bonchev–Trinajstić information content (AvgIpc) is 0.751. The summed E-state index contributed by atoms with van der Waals surface area (Å²) in [6, 6.07) is 20.2. The number of fused-ring (bicyclic) bond motifs is 13. The van der Waals surface area contributed by atoms with Crippen LogP contribution in [-0.4, -0.2) is 152 Å². The Bertz CT molecular complexity index is 5910. The van der Waals surface area contributed by atoms with Crippen molar-refractivity contribution in [3.05, 3.63) is 198 Å². The summed E-state index contributed by atoms with van der Waals surface area (Å²) in [5.74, 6) is 2.19. The summed E-state index contributed by atoms with van der Waals surface area (Å²) in [6.07, 6.45) is 25.4. The number of aliphatic hydroxyl groups excluding tert-OH is 3. The van der Waals surface area contributed by atoms with E-state index in [0.29, 0.717) is 99.8 Å². The largest absolute Gasteiger partial charge is 0.508 e. The first kappa shape index (κ1) is 111. The van der Waals surface area contributed by atoms with Crippen molar-refractivity contribution >= 4 is 22.9 Å². The maximum Gasteiger partial charge on any atom is 0.342 e. The zero-order valence-electron chi connectivity index (χ0n) is 90.0. The molecule has 11 aliphatic rings. The topological polar surface area (TPSA) is 373 Å². The predicted molar refractivity (Wildman–Crippen MR) is 566 cm³/mol. The van der Waals surface area contributed by atoms with Gasteiger partial charge in [0.25, 0.3) is 0 Å². The number of carbonyl (C=O) groups is 2. The van der Waals surface area contributed by atoms with Crippen LogP contribution in [0.15, 0.2) is 125 Å². The lowest BCUT2D eigenvalue weighted by molar-refractivity contribution is -0.272. The molecule has 16 atom stereocenters. The molecule has 14 N–H and O–H groups in total. The lowest BCUT2D eigenvalue weighted by atomic mass is 9.60. The Morgan fingerprint density at radius 3 is 1.56 bits per heavy atom. The van der Waals surface area contributed by atoms with Crippen LogP contribution in [0.1, 0.15) is 401 Å². The molecule has 2 fully saturated rings. The Labute approximate surface area is 855 Å². The van der Waals surface area contributed by atoms with E-state index in [2.05, 4.69) is 66.8 Å². The third-order valence-electron chi connectivity index (χ3n) is 33.3. The second-order valence-corrected chi connectivity index (χ2v) is 46.5. The first-order valence-corrected chi connectivity index (χ1v) is 53.7. The zero-order chi connectivity index (χ0) is 106. The number of aliphatic hydroxyl groups is 7. The van der Waals surface area contributed by atoms with Crippen LogP contribution < -0.4 is 23.7 Å². The average molecular weight is 1990 g/mol. The summed E-state index contributed by atoms with van der Waals surface area (Å²) in [6.45, 7) is 51.4. The standard InChI is InChI=1S/C41H54O7.C21H30O3.C20H28O5.C20H30O4.C20H26O3/c1-9-11-12-14-26-22-31(43)34(28-19-24(5)15-16-27(28)23(3)4)37(44)33(26)39(46)48-41(8)18-17-29-35(38(41)45)36-30(42)20-25(13-10-2)21-32(36)47-40(29,6)7;1-5-6-7-8-14-11-16(22)19-17(12-14)24-20-18(19)15(13(2)3)9-10-21(20,4)23;1-5-6-7-13-9-14(21)17-15(10-13)25-18(3,4)20(24)16(22)8-12(2)11-19(17,20)23;1-5-6-7-12-10-14(21)17-15(11-12)24-19(2,3)13-8-9-20(4,23)18(22)16(13)17;1-5-6-7-13-10-15(21)18-16(11-13)23-20(3,4)14-9-8-12(2)19(22)17(14)18/h19-22,27-28,38,42-45H,3,9-18H2,1-2,4-8H3;11-12,15,18,20,22-23H,2,5-10H2,1,3-4H3;9-11,16,21-24H,5-8H2,1-4H3;10-11,13,16,18,21-23H,5-9H2,1-4H3;10-12,21H,5-9H2,1-4H3/t27-,28+,38?,41?;15-,18+,20-,21-;;13-,16-,18+,20+;/m00.1./s1. The number of aryl methyl sites for hydroxylation is 6. The highest BCUT2D eigenvalue weighted by Gasteiger charge is 2.69. The van der Waals surface area contributed by atoms with Gasteiger partial charge in [-0.3, -0.25) is 4.79 Å². The van der Waals surface area contributed by atoms with Crippen molar-refractivity contribution in [1.82, 2.24) is 0 Å². The molecule has 6 aliphatic carbocycles. The van der Waals surface area contributed by atoms with Crippen molar-refractivity contribution < 1.29 is 110 Å². The number of hydrogen-bond acceptors (Lipinski definition) is 22. The lowest BCUT2D eigenvalue weighted by Crippen LogP contribution is -2.74. The third kappa shape index (κ3) is 21.8. The number of unbranched alkanes of at least 4 members (excludes halogenated alkanes) is 7. The Morgan fingerprint density at radius 1 is 0.479 bits per heavy atom. The van der Waals surface area contributed by atoms with Gasteiger partial charge in [0.1, 0.15) is 115 Å². The van der Waals surface area contributed by atoms with Gasteiger partial charge < -0.3 is 99.9 Å². The number of phenols is 7. The maximum atomic E-state index is 14.4. The highest BCUT2D eigenvalue weighted by molar-refractivity contribution is 6.25. The molecule has 17 rings (SSSR count). The molecule has 5 aliphatic heterocycles. The third-order valence-corrected chi connectivity index (χ3v) is 33.3. The van der Waals surface area contributed by atoms with E-state index < -0.39 is 74.7 Å². The molecule has 0 aromatic heterocycles. The van der Waals surface area contributed by atoms with Crippen molar-refractivity contribution in [2.75, 3.05) is 0 Å². The zero-order valence-corrected chi connectivity index (χ0v) is 90.0. The van der Waals surface area contributed by atoms with Crippen LogP contribution in [-0.2, 0) is 53.7 Å². The molecule has 0 radical (unpaired) electrons. The summed E-state index contributed by atoms with van der Waals surface area (Å²) in [4.78, 5) is 27.2. The van der Waals surface area contributed by atoms with Gasteiger partial charge in [-0.15, -0.1) is 0 Å². The highest BCUT2D eigenvalue weighted by Crippen LogP contribution is 2.63. The molecule has 6 unspecified atom stereocenters. The summed E-state index contributed by atoms with van der Waals surface area (Å²) >= 11 is 0. The lowest BCUT2D eigenvalue weighted by Gasteiger charge is -2.58. The van der Waals surface area contributed by atoms with E-state index in [-0.39, 0.29) is 105 Å². The van der Waals surface area contributed by atoms with Gasteiger partial charge in [0, 0.05) is 57.4 Å².